The summed E-state index contributed by atoms with van der Waals surface area (Å²) in [4.78, 5) is 22.9. The number of rotatable bonds is 6. The van der Waals surface area contributed by atoms with Gasteiger partial charge in [-0.15, -0.1) is 0 Å². The lowest BCUT2D eigenvalue weighted by atomic mass is 10.0. The maximum Gasteiger partial charge on any atom is 0.305 e. The molecular weight excluding hydrogens is 384 g/mol. The fraction of sp³-hybridized carbons (Fsp3) is 0.200. The summed E-state index contributed by atoms with van der Waals surface area (Å²) >= 11 is 3.44. The van der Waals surface area contributed by atoms with Crippen LogP contribution in [0, 0.1) is 0 Å². The molecule has 0 heterocycles. The van der Waals surface area contributed by atoms with Crippen LogP contribution in [0.1, 0.15) is 25.0 Å². The first-order valence-electron chi connectivity index (χ1n) is 7.78. The molecule has 0 radical (unpaired) electrons. The van der Waals surface area contributed by atoms with Gasteiger partial charge in [0.2, 0.25) is 0 Å². The zero-order chi connectivity index (χ0) is 18.2. The molecule has 0 bridgehead atoms. The minimum atomic E-state index is -1.06. The van der Waals surface area contributed by atoms with Crippen LogP contribution in [0.25, 0.3) is 6.08 Å². The first kappa shape index (κ1) is 18.9. The molecular formula is C20H19BrO4. The van der Waals surface area contributed by atoms with Crippen LogP contribution >= 0.6 is 15.9 Å². The van der Waals surface area contributed by atoms with E-state index in [0.717, 1.165) is 15.6 Å². The lowest BCUT2D eigenvalue weighted by Crippen LogP contribution is -2.25. The topological polar surface area (TPSA) is 52.6 Å². The summed E-state index contributed by atoms with van der Waals surface area (Å²) in [5, 5.41) is 0. The highest BCUT2D eigenvalue weighted by molar-refractivity contribution is 9.10. The van der Waals surface area contributed by atoms with E-state index >= 15 is 0 Å². The number of carbonyl (C=O) groups excluding carboxylic acids is 2. The Morgan fingerprint density at radius 3 is 2.20 bits per heavy atom. The van der Waals surface area contributed by atoms with Gasteiger partial charge in [0.25, 0.3) is 6.29 Å². The number of benzene rings is 2. The van der Waals surface area contributed by atoms with Gasteiger partial charge in [-0.25, -0.2) is 0 Å². The summed E-state index contributed by atoms with van der Waals surface area (Å²) in [6.45, 7) is 2.57. The molecule has 2 rings (SSSR count). The summed E-state index contributed by atoms with van der Waals surface area (Å²) < 4.78 is 11.4. The maximum absolute atomic E-state index is 11.5. The van der Waals surface area contributed by atoms with Crippen molar-refractivity contribution in [3.63, 3.8) is 0 Å². The second-order valence-corrected chi connectivity index (χ2v) is 6.40. The number of halogens is 1. The van der Waals surface area contributed by atoms with E-state index in [1.807, 2.05) is 60.7 Å². The highest BCUT2D eigenvalue weighted by atomic mass is 79.9. The fourth-order valence-electron chi connectivity index (χ4n) is 2.32. The van der Waals surface area contributed by atoms with E-state index in [0.29, 0.717) is 12.0 Å². The van der Waals surface area contributed by atoms with E-state index in [1.54, 1.807) is 0 Å². The molecule has 0 aliphatic heterocycles. The molecule has 0 aliphatic rings. The van der Waals surface area contributed by atoms with Gasteiger partial charge in [0, 0.05) is 30.3 Å². The average molecular weight is 403 g/mol. The van der Waals surface area contributed by atoms with Crippen molar-refractivity contribution in [1.82, 2.24) is 0 Å². The summed E-state index contributed by atoms with van der Waals surface area (Å²) in [7, 11) is 0. The van der Waals surface area contributed by atoms with Crippen molar-refractivity contribution < 1.29 is 19.1 Å². The van der Waals surface area contributed by atoms with Crippen LogP contribution in [0.15, 0.2) is 64.6 Å². The first-order chi connectivity index (χ1) is 11.9. The van der Waals surface area contributed by atoms with Gasteiger partial charge in [-0.1, -0.05) is 58.4 Å². The third-order valence-electron chi connectivity index (χ3n) is 3.30. The molecule has 4 nitrogen and oxygen atoms in total. The SMILES string of the molecule is CC(=O)OC(OC(C)=O)C(=Cc1cccc(Br)c1)Cc1ccccc1. The molecule has 2 aromatic rings. The number of hydrogen-bond donors (Lipinski definition) is 0. The highest BCUT2D eigenvalue weighted by Crippen LogP contribution is 2.21. The molecule has 2 aromatic carbocycles. The normalized spacial score (nSPS) is 11.3. The van der Waals surface area contributed by atoms with Gasteiger partial charge in [0.15, 0.2) is 0 Å². The van der Waals surface area contributed by atoms with Crippen molar-refractivity contribution in [3.8, 4) is 0 Å². The Hall–Kier alpha value is -2.40. The van der Waals surface area contributed by atoms with Crippen molar-refractivity contribution in [2.45, 2.75) is 26.6 Å². The molecule has 0 fully saturated rings. The lowest BCUT2D eigenvalue weighted by Gasteiger charge is -2.20. The van der Waals surface area contributed by atoms with Gasteiger partial charge < -0.3 is 9.47 Å². The Balaban J connectivity index is 2.41. The second kappa shape index (κ2) is 9.18. The van der Waals surface area contributed by atoms with Gasteiger partial charge in [-0.05, 0) is 29.3 Å². The molecule has 0 saturated carbocycles. The third kappa shape index (κ3) is 6.55. The van der Waals surface area contributed by atoms with Crippen LogP contribution in [0.5, 0.6) is 0 Å². The molecule has 0 atom stereocenters. The third-order valence-corrected chi connectivity index (χ3v) is 3.79. The summed E-state index contributed by atoms with van der Waals surface area (Å²) in [6, 6.07) is 17.4. The van der Waals surface area contributed by atoms with Gasteiger partial charge in [-0.3, -0.25) is 9.59 Å². The van der Waals surface area contributed by atoms with E-state index in [-0.39, 0.29) is 0 Å². The zero-order valence-corrected chi connectivity index (χ0v) is 15.7. The van der Waals surface area contributed by atoms with E-state index in [4.69, 9.17) is 9.47 Å². The van der Waals surface area contributed by atoms with Crippen LogP contribution < -0.4 is 0 Å². The van der Waals surface area contributed by atoms with Crippen LogP contribution in [-0.4, -0.2) is 18.2 Å². The van der Waals surface area contributed by atoms with E-state index in [2.05, 4.69) is 15.9 Å². The molecule has 0 spiro atoms. The maximum atomic E-state index is 11.5. The minimum absolute atomic E-state index is 0.485. The van der Waals surface area contributed by atoms with Crippen LogP contribution in [0.3, 0.4) is 0 Å². The van der Waals surface area contributed by atoms with Gasteiger partial charge in [0.1, 0.15) is 0 Å². The molecule has 0 aliphatic carbocycles. The molecule has 0 amide bonds. The molecule has 25 heavy (non-hydrogen) atoms. The molecule has 130 valence electrons. The number of ether oxygens (including phenoxy) is 2. The first-order valence-corrected chi connectivity index (χ1v) is 8.58. The summed E-state index contributed by atoms with van der Waals surface area (Å²) in [5.74, 6) is -1.03. The monoisotopic (exact) mass is 402 g/mol. The van der Waals surface area contributed by atoms with Gasteiger partial charge >= 0.3 is 11.9 Å². The smallest absolute Gasteiger partial charge is 0.305 e. The largest absolute Gasteiger partial charge is 0.421 e. The van der Waals surface area contributed by atoms with Gasteiger partial charge in [0.05, 0.1) is 0 Å². The average Bonchev–Trinajstić information content (AvgIpc) is 2.54. The number of esters is 2. The Kier molecular flexibility index (Phi) is 6.95. The zero-order valence-electron chi connectivity index (χ0n) is 14.1. The van der Waals surface area contributed by atoms with Crippen LogP contribution in [0.2, 0.25) is 0 Å². The summed E-state index contributed by atoms with van der Waals surface area (Å²) in [6.07, 6.45) is 1.29. The second-order valence-electron chi connectivity index (χ2n) is 5.49. The van der Waals surface area contributed by atoms with Crippen molar-refractivity contribution in [2.75, 3.05) is 0 Å². The minimum Gasteiger partial charge on any atom is -0.421 e. The van der Waals surface area contributed by atoms with Crippen molar-refractivity contribution in [1.29, 1.82) is 0 Å². The predicted molar refractivity (Wildman–Crippen MR) is 99.6 cm³/mol. The standard InChI is InChI=1S/C20H19BrO4/c1-14(22)24-20(25-15(2)23)18(11-16-7-4-3-5-8-16)12-17-9-6-10-19(21)13-17/h3-10,12-13,20H,11H2,1-2H3. The fourth-order valence-corrected chi connectivity index (χ4v) is 2.74. The molecule has 0 saturated heterocycles. The van der Waals surface area contributed by atoms with Crippen molar-refractivity contribution in [2.24, 2.45) is 0 Å². The molecule has 5 heteroatoms. The summed E-state index contributed by atoms with van der Waals surface area (Å²) in [5.41, 5.74) is 2.60. The number of carbonyl (C=O) groups is 2. The van der Waals surface area contributed by atoms with Gasteiger partial charge in [-0.2, -0.15) is 0 Å². The Morgan fingerprint density at radius 1 is 1.00 bits per heavy atom. The molecule has 0 aromatic heterocycles. The Labute approximate surface area is 155 Å². The van der Waals surface area contributed by atoms with E-state index in [1.165, 1.54) is 13.8 Å². The molecule has 0 unspecified atom stereocenters. The van der Waals surface area contributed by atoms with Crippen molar-refractivity contribution >= 4 is 33.9 Å². The van der Waals surface area contributed by atoms with E-state index in [9.17, 15) is 9.59 Å². The predicted octanol–water partition coefficient (Wildman–Crippen LogP) is 4.53. The Morgan fingerprint density at radius 2 is 1.64 bits per heavy atom. The van der Waals surface area contributed by atoms with Crippen LogP contribution in [-0.2, 0) is 25.5 Å². The van der Waals surface area contributed by atoms with Crippen molar-refractivity contribution in [3.05, 3.63) is 75.8 Å². The highest BCUT2D eigenvalue weighted by Gasteiger charge is 2.21. The number of hydrogen-bond acceptors (Lipinski definition) is 4. The Bertz CT molecular complexity index is 752. The quantitative estimate of drug-likeness (QED) is 0.526. The van der Waals surface area contributed by atoms with Crippen LogP contribution in [0.4, 0.5) is 0 Å². The van der Waals surface area contributed by atoms with E-state index < -0.39 is 18.2 Å². The lowest BCUT2D eigenvalue weighted by molar-refractivity contribution is -0.178. The molecule has 0 N–H and O–H groups in total.